The van der Waals surface area contributed by atoms with E-state index in [1.807, 2.05) is 25.1 Å². The van der Waals surface area contributed by atoms with Gasteiger partial charge in [-0.2, -0.15) is 0 Å². The van der Waals surface area contributed by atoms with Gasteiger partial charge in [0.05, 0.1) is 18.4 Å². The lowest BCUT2D eigenvalue weighted by Gasteiger charge is -2.15. The van der Waals surface area contributed by atoms with E-state index in [0.29, 0.717) is 5.82 Å². The molecular weight excluding hydrogens is 272 g/mol. The van der Waals surface area contributed by atoms with E-state index in [4.69, 9.17) is 15.2 Å². The molecule has 0 saturated heterocycles. The fourth-order valence-corrected chi connectivity index (χ4v) is 2.04. The molecule has 1 atom stereocenters. The molecule has 1 aliphatic rings. The van der Waals surface area contributed by atoms with Crippen LogP contribution in [-0.4, -0.2) is 22.7 Å². The van der Waals surface area contributed by atoms with E-state index < -0.39 is 5.91 Å². The topological polar surface area (TPSA) is 99.4 Å². The zero-order valence-corrected chi connectivity index (χ0v) is 11.4. The number of nitrogens with one attached hydrogen (secondary N) is 1. The van der Waals surface area contributed by atoms with E-state index in [9.17, 15) is 4.79 Å². The summed E-state index contributed by atoms with van der Waals surface area (Å²) in [5.74, 6) is 1.33. The molecule has 0 aliphatic carbocycles. The zero-order chi connectivity index (χ0) is 14.8. The van der Waals surface area contributed by atoms with Crippen LogP contribution in [-0.2, 0) is 0 Å². The second-order valence-electron chi connectivity index (χ2n) is 4.63. The highest BCUT2D eigenvalue weighted by Gasteiger charge is 2.16. The predicted octanol–water partition coefficient (Wildman–Crippen LogP) is 1.48. The van der Waals surface area contributed by atoms with Crippen LogP contribution in [0, 0.1) is 0 Å². The van der Waals surface area contributed by atoms with Crippen LogP contribution in [0.3, 0.4) is 0 Å². The summed E-state index contributed by atoms with van der Waals surface area (Å²) in [5.41, 5.74) is 6.31. The monoisotopic (exact) mass is 286 g/mol. The largest absolute Gasteiger partial charge is 0.454 e. The van der Waals surface area contributed by atoms with Gasteiger partial charge in [0, 0.05) is 0 Å². The molecule has 7 nitrogen and oxygen atoms in total. The Bertz CT molecular complexity index is 690. The smallest absolute Gasteiger partial charge is 0.268 e. The molecule has 3 N–H and O–H groups in total. The number of amides is 1. The van der Waals surface area contributed by atoms with Gasteiger partial charge in [-0.05, 0) is 24.6 Å². The van der Waals surface area contributed by atoms with E-state index in [1.54, 1.807) is 0 Å². The molecule has 1 aliphatic heterocycles. The summed E-state index contributed by atoms with van der Waals surface area (Å²) >= 11 is 0. The van der Waals surface area contributed by atoms with Crippen LogP contribution in [0.5, 0.6) is 11.5 Å². The van der Waals surface area contributed by atoms with E-state index >= 15 is 0 Å². The fourth-order valence-electron chi connectivity index (χ4n) is 2.04. The molecule has 1 aromatic carbocycles. The van der Waals surface area contributed by atoms with Crippen LogP contribution in [0.4, 0.5) is 5.82 Å². The number of aromatic nitrogens is 2. The number of hydrogen-bond donors (Lipinski definition) is 2. The van der Waals surface area contributed by atoms with Crippen LogP contribution in [0.1, 0.15) is 29.0 Å². The Morgan fingerprint density at radius 3 is 2.95 bits per heavy atom. The average molecular weight is 286 g/mol. The molecule has 1 unspecified atom stereocenters. The van der Waals surface area contributed by atoms with Gasteiger partial charge in [-0.3, -0.25) is 9.78 Å². The summed E-state index contributed by atoms with van der Waals surface area (Å²) in [5, 5.41) is 3.17. The summed E-state index contributed by atoms with van der Waals surface area (Å²) in [4.78, 5) is 19.1. The molecular formula is C14H14N4O3. The Labute approximate surface area is 121 Å². The van der Waals surface area contributed by atoms with Crippen molar-refractivity contribution < 1.29 is 14.3 Å². The number of anilines is 1. The van der Waals surface area contributed by atoms with E-state index in [2.05, 4.69) is 15.3 Å². The van der Waals surface area contributed by atoms with E-state index in [1.165, 1.54) is 12.4 Å². The lowest BCUT2D eigenvalue weighted by Crippen LogP contribution is -2.15. The molecule has 0 bridgehead atoms. The molecule has 0 fully saturated rings. The van der Waals surface area contributed by atoms with Gasteiger partial charge in [-0.15, -0.1) is 0 Å². The Morgan fingerprint density at radius 1 is 1.33 bits per heavy atom. The minimum atomic E-state index is -0.609. The van der Waals surface area contributed by atoms with Crippen molar-refractivity contribution >= 4 is 11.7 Å². The molecule has 1 aromatic heterocycles. The predicted molar refractivity (Wildman–Crippen MR) is 75.2 cm³/mol. The molecule has 2 aromatic rings. The number of nitrogens with zero attached hydrogens (tertiary/aromatic N) is 2. The number of primary amides is 1. The number of benzene rings is 1. The third-order valence-electron chi connectivity index (χ3n) is 3.15. The van der Waals surface area contributed by atoms with Crippen LogP contribution >= 0.6 is 0 Å². The maximum Gasteiger partial charge on any atom is 0.268 e. The first-order chi connectivity index (χ1) is 10.1. The van der Waals surface area contributed by atoms with Crippen LogP contribution in [0.25, 0.3) is 0 Å². The Kier molecular flexibility index (Phi) is 3.31. The van der Waals surface area contributed by atoms with Gasteiger partial charge in [0.2, 0.25) is 6.79 Å². The van der Waals surface area contributed by atoms with Crippen molar-refractivity contribution in [2.45, 2.75) is 13.0 Å². The zero-order valence-electron chi connectivity index (χ0n) is 11.4. The molecule has 0 spiro atoms. The number of nitrogens with two attached hydrogens (primary N) is 1. The molecule has 21 heavy (non-hydrogen) atoms. The first-order valence-corrected chi connectivity index (χ1v) is 6.41. The second-order valence-corrected chi connectivity index (χ2v) is 4.63. The number of carbonyl (C=O) groups is 1. The Morgan fingerprint density at radius 2 is 2.14 bits per heavy atom. The van der Waals surface area contributed by atoms with Gasteiger partial charge in [-0.25, -0.2) is 4.98 Å². The first-order valence-electron chi connectivity index (χ1n) is 6.41. The van der Waals surface area contributed by atoms with Crippen molar-refractivity contribution in [3.05, 3.63) is 41.9 Å². The van der Waals surface area contributed by atoms with Gasteiger partial charge in [-0.1, -0.05) is 6.07 Å². The molecule has 2 heterocycles. The third-order valence-corrected chi connectivity index (χ3v) is 3.15. The van der Waals surface area contributed by atoms with Gasteiger partial charge in [0.25, 0.3) is 5.91 Å². The van der Waals surface area contributed by atoms with Crippen molar-refractivity contribution in [2.75, 3.05) is 12.1 Å². The highest BCUT2D eigenvalue weighted by molar-refractivity contribution is 5.90. The van der Waals surface area contributed by atoms with Gasteiger partial charge in [0.15, 0.2) is 11.5 Å². The Hall–Kier alpha value is -2.83. The van der Waals surface area contributed by atoms with Gasteiger partial charge in [0.1, 0.15) is 11.5 Å². The maximum atomic E-state index is 11.1. The number of hydrogen-bond acceptors (Lipinski definition) is 6. The average Bonchev–Trinajstić information content (AvgIpc) is 2.94. The SMILES string of the molecule is CC(Nc1cncc(C(N)=O)n1)c1ccc2c(c1)OCO2. The highest BCUT2D eigenvalue weighted by Crippen LogP contribution is 2.34. The standard InChI is InChI=1S/C14H14N4O3/c1-8(9-2-3-11-12(4-9)21-7-20-11)17-13-6-16-5-10(18-13)14(15)19/h2-6,8H,7H2,1H3,(H2,15,19)(H,17,18). The van der Waals surface area contributed by atoms with Crippen molar-refractivity contribution in [3.63, 3.8) is 0 Å². The van der Waals surface area contributed by atoms with Gasteiger partial charge < -0.3 is 20.5 Å². The molecule has 3 rings (SSSR count). The fraction of sp³-hybridized carbons (Fsp3) is 0.214. The van der Waals surface area contributed by atoms with E-state index in [0.717, 1.165) is 17.1 Å². The van der Waals surface area contributed by atoms with E-state index in [-0.39, 0.29) is 18.5 Å². The summed E-state index contributed by atoms with van der Waals surface area (Å²) in [6.07, 6.45) is 2.87. The quantitative estimate of drug-likeness (QED) is 0.883. The van der Waals surface area contributed by atoms with Crippen LogP contribution < -0.4 is 20.5 Å². The van der Waals surface area contributed by atoms with Crippen LogP contribution in [0.2, 0.25) is 0 Å². The highest BCUT2D eigenvalue weighted by atomic mass is 16.7. The number of rotatable bonds is 4. The lowest BCUT2D eigenvalue weighted by atomic mass is 10.1. The normalized spacial score (nSPS) is 13.8. The van der Waals surface area contributed by atoms with Crippen molar-refractivity contribution in [1.82, 2.24) is 9.97 Å². The summed E-state index contributed by atoms with van der Waals surface area (Å²) in [6, 6.07) is 5.67. The number of ether oxygens (including phenoxy) is 2. The minimum absolute atomic E-state index is 0.0445. The first kappa shape index (κ1) is 13.2. The summed E-state index contributed by atoms with van der Waals surface area (Å²) < 4.78 is 10.6. The van der Waals surface area contributed by atoms with Gasteiger partial charge >= 0.3 is 0 Å². The second kappa shape index (κ2) is 5.28. The lowest BCUT2D eigenvalue weighted by molar-refractivity contribution is 0.0995. The van der Waals surface area contributed by atoms with Crippen molar-refractivity contribution in [2.24, 2.45) is 5.73 Å². The maximum absolute atomic E-state index is 11.1. The summed E-state index contributed by atoms with van der Waals surface area (Å²) in [6.45, 7) is 2.21. The van der Waals surface area contributed by atoms with Crippen LogP contribution in [0.15, 0.2) is 30.6 Å². The molecule has 7 heteroatoms. The number of fused-ring (bicyclic) bond motifs is 1. The van der Waals surface area contributed by atoms with Crippen molar-refractivity contribution in [3.8, 4) is 11.5 Å². The Balaban J connectivity index is 1.78. The van der Waals surface area contributed by atoms with Crippen molar-refractivity contribution in [1.29, 1.82) is 0 Å². The molecule has 0 saturated carbocycles. The molecule has 108 valence electrons. The molecule has 0 radical (unpaired) electrons. The minimum Gasteiger partial charge on any atom is -0.454 e. The number of carbonyl (C=O) groups excluding carboxylic acids is 1. The summed E-state index contributed by atoms with van der Waals surface area (Å²) in [7, 11) is 0. The third kappa shape index (κ3) is 2.71. The molecule has 1 amide bonds.